The predicted octanol–water partition coefficient (Wildman–Crippen LogP) is 5.87. The van der Waals surface area contributed by atoms with Crippen molar-refractivity contribution in [3.05, 3.63) is 69.2 Å². The topological polar surface area (TPSA) is 49.4 Å². The Kier molecular flexibility index (Phi) is 10.2. The van der Waals surface area contributed by atoms with Crippen LogP contribution in [0, 0.1) is 6.92 Å². The maximum absolute atomic E-state index is 13.2. The number of carbonyl (C=O) groups excluding carboxylic acids is 2. The molecule has 0 aromatic heterocycles. The number of halogens is 2. The fraction of sp³-hybridized carbons (Fsp3) is 0.417. The minimum atomic E-state index is -0.618. The molecule has 1 N–H and O–H groups in total. The molecule has 0 heterocycles. The van der Waals surface area contributed by atoms with Crippen molar-refractivity contribution in [3.8, 4) is 0 Å². The molecule has 0 fully saturated rings. The zero-order chi connectivity index (χ0) is 23.0. The number of nitrogens with one attached hydrogen (secondary N) is 1. The summed E-state index contributed by atoms with van der Waals surface area (Å²) in [7, 11) is 0. The Balaban J connectivity index is 2.14. The first kappa shape index (κ1) is 25.6. The molecule has 0 aliphatic heterocycles. The van der Waals surface area contributed by atoms with Gasteiger partial charge in [-0.3, -0.25) is 9.59 Å². The molecule has 2 atom stereocenters. The quantitative estimate of drug-likeness (QED) is 0.462. The van der Waals surface area contributed by atoms with Gasteiger partial charge in [-0.25, -0.2) is 0 Å². The monoisotopic (exact) mass is 480 g/mol. The maximum atomic E-state index is 13.2. The second-order valence-electron chi connectivity index (χ2n) is 7.67. The summed E-state index contributed by atoms with van der Waals surface area (Å²) in [6, 6.07) is 12.7. The van der Waals surface area contributed by atoms with Crippen LogP contribution in [0.15, 0.2) is 42.5 Å². The second kappa shape index (κ2) is 12.4. The van der Waals surface area contributed by atoms with Gasteiger partial charge in [-0.15, -0.1) is 11.8 Å². The lowest BCUT2D eigenvalue weighted by Crippen LogP contribution is -2.50. The Bertz CT molecular complexity index is 907. The molecule has 2 aromatic rings. The minimum Gasteiger partial charge on any atom is -0.352 e. The third-order valence-electron chi connectivity index (χ3n) is 5.27. The van der Waals surface area contributed by atoms with E-state index in [1.807, 2.05) is 26.0 Å². The van der Waals surface area contributed by atoms with Crippen molar-refractivity contribution in [2.24, 2.45) is 0 Å². The van der Waals surface area contributed by atoms with E-state index in [4.69, 9.17) is 23.2 Å². The summed E-state index contributed by atoms with van der Waals surface area (Å²) in [6.07, 6.45) is 0.821. The van der Waals surface area contributed by atoms with Crippen LogP contribution < -0.4 is 5.32 Å². The Morgan fingerprint density at radius 3 is 2.45 bits per heavy atom. The summed E-state index contributed by atoms with van der Waals surface area (Å²) in [5.41, 5.74) is 3.16. The van der Waals surface area contributed by atoms with Crippen LogP contribution in [0.3, 0.4) is 0 Å². The number of hydrogen-bond acceptors (Lipinski definition) is 3. The first-order valence-corrected chi connectivity index (χ1v) is 12.3. The molecule has 2 aromatic carbocycles. The normalized spacial score (nSPS) is 12.8. The first-order chi connectivity index (χ1) is 14.7. The highest BCUT2D eigenvalue weighted by atomic mass is 35.5. The standard InChI is InChI=1S/C24H30Cl2N2O2S/c1-5-17(3)27-24(30)18(4)28(13-19-10-11-21(25)12-22(19)26)23(29)15-31-14-20-9-7-6-8-16(20)2/h6-12,17-18H,5,13-15H2,1-4H3,(H,27,30). The maximum Gasteiger partial charge on any atom is 0.242 e. The summed E-state index contributed by atoms with van der Waals surface area (Å²) in [5, 5.41) is 3.98. The minimum absolute atomic E-state index is 0.0430. The van der Waals surface area contributed by atoms with E-state index in [9.17, 15) is 9.59 Å². The van der Waals surface area contributed by atoms with Crippen molar-refractivity contribution in [3.63, 3.8) is 0 Å². The molecule has 168 valence electrons. The van der Waals surface area contributed by atoms with E-state index in [0.29, 0.717) is 10.0 Å². The molecule has 0 saturated heterocycles. The summed E-state index contributed by atoms with van der Waals surface area (Å²) in [5.74, 6) is 0.745. The van der Waals surface area contributed by atoms with Crippen molar-refractivity contribution in [2.45, 2.75) is 58.5 Å². The number of aryl methyl sites for hydroxylation is 1. The Hall–Kier alpha value is -1.69. The van der Waals surface area contributed by atoms with Crippen LogP contribution in [0.25, 0.3) is 0 Å². The molecule has 0 aliphatic carbocycles. The highest BCUT2D eigenvalue weighted by Gasteiger charge is 2.27. The van der Waals surface area contributed by atoms with Gasteiger partial charge in [0.1, 0.15) is 6.04 Å². The van der Waals surface area contributed by atoms with Gasteiger partial charge in [0.15, 0.2) is 0 Å². The van der Waals surface area contributed by atoms with Crippen LogP contribution in [0.2, 0.25) is 10.0 Å². The molecule has 0 radical (unpaired) electrons. The molecule has 2 unspecified atom stereocenters. The molecular weight excluding hydrogens is 451 g/mol. The van der Waals surface area contributed by atoms with Gasteiger partial charge in [0.05, 0.1) is 5.75 Å². The van der Waals surface area contributed by atoms with Gasteiger partial charge in [-0.2, -0.15) is 0 Å². The van der Waals surface area contributed by atoms with Crippen molar-refractivity contribution in [2.75, 3.05) is 5.75 Å². The van der Waals surface area contributed by atoms with E-state index >= 15 is 0 Å². The van der Waals surface area contributed by atoms with Crippen LogP contribution >= 0.6 is 35.0 Å². The number of nitrogens with zero attached hydrogens (tertiary/aromatic N) is 1. The zero-order valence-corrected chi connectivity index (χ0v) is 20.8. The average Bonchev–Trinajstić information content (AvgIpc) is 2.73. The van der Waals surface area contributed by atoms with Crippen LogP contribution in [-0.4, -0.2) is 34.6 Å². The molecule has 7 heteroatoms. The Morgan fingerprint density at radius 1 is 1.10 bits per heavy atom. The van der Waals surface area contributed by atoms with E-state index in [-0.39, 0.29) is 30.2 Å². The van der Waals surface area contributed by atoms with Crippen molar-refractivity contribution in [1.29, 1.82) is 0 Å². The third-order valence-corrected chi connectivity index (χ3v) is 6.82. The summed E-state index contributed by atoms with van der Waals surface area (Å²) >= 11 is 13.9. The SMILES string of the molecule is CCC(C)NC(=O)C(C)N(Cc1ccc(Cl)cc1Cl)C(=O)CSCc1ccccc1C. The zero-order valence-electron chi connectivity index (χ0n) is 18.5. The largest absolute Gasteiger partial charge is 0.352 e. The highest BCUT2D eigenvalue weighted by Crippen LogP contribution is 2.24. The van der Waals surface area contributed by atoms with Gasteiger partial charge in [0.2, 0.25) is 11.8 Å². The van der Waals surface area contributed by atoms with E-state index < -0.39 is 6.04 Å². The molecule has 0 spiro atoms. The average molecular weight is 481 g/mol. The van der Waals surface area contributed by atoms with Crippen molar-refractivity contribution in [1.82, 2.24) is 10.2 Å². The molecular formula is C24H30Cl2N2O2S. The number of carbonyl (C=O) groups is 2. The third kappa shape index (κ3) is 7.74. The summed E-state index contributed by atoms with van der Waals surface area (Å²) < 4.78 is 0. The lowest BCUT2D eigenvalue weighted by Gasteiger charge is -2.30. The van der Waals surface area contributed by atoms with E-state index in [1.165, 1.54) is 11.1 Å². The van der Waals surface area contributed by atoms with Crippen LogP contribution in [-0.2, 0) is 21.9 Å². The van der Waals surface area contributed by atoms with E-state index in [0.717, 1.165) is 17.7 Å². The highest BCUT2D eigenvalue weighted by molar-refractivity contribution is 7.99. The number of hydrogen-bond donors (Lipinski definition) is 1. The molecule has 0 saturated carbocycles. The fourth-order valence-corrected chi connectivity index (χ4v) is 4.44. The molecule has 0 bridgehead atoms. The predicted molar refractivity (Wildman–Crippen MR) is 132 cm³/mol. The summed E-state index contributed by atoms with van der Waals surface area (Å²) in [4.78, 5) is 27.5. The van der Waals surface area contributed by atoms with E-state index in [2.05, 4.69) is 24.4 Å². The van der Waals surface area contributed by atoms with Gasteiger partial charge in [-0.05, 0) is 56.0 Å². The van der Waals surface area contributed by atoms with Crippen LogP contribution in [0.4, 0.5) is 0 Å². The Morgan fingerprint density at radius 2 is 1.81 bits per heavy atom. The lowest BCUT2D eigenvalue weighted by molar-refractivity contribution is -0.138. The number of thioether (sulfide) groups is 1. The van der Waals surface area contributed by atoms with Gasteiger partial charge in [-0.1, -0.05) is 60.5 Å². The molecule has 4 nitrogen and oxygen atoms in total. The first-order valence-electron chi connectivity index (χ1n) is 10.4. The van der Waals surface area contributed by atoms with Gasteiger partial charge < -0.3 is 10.2 Å². The smallest absolute Gasteiger partial charge is 0.242 e. The number of benzene rings is 2. The van der Waals surface area contributed by atoms with Crippen LogP contribution in [0.5, 0.6) is 0 Å². The number of amides is 2. The number of rotatable bonds is 10. The van der Waals surface area contributed by atoms with Crippen molar-refractivity contribution < 1.29 is 9.59 Å². The van der Waals surface area contributed by atoms with Gasteiger partial charge >= 0.3 is 0 Å². The second-order valence-corrected chi connectivity index (χ2v) is 9.50. The Labute approximate surface area is 199 Å². The lowest BCUT2D eigenvalue weighted by atomic mass is 10.1. The van der Waals surface area contributed by atoms with Crippen LogP contribution in [0.1, 0.15) is 43.9 Å². The fourth-order valence-electron chi connectivity index (χ4n) is 2.98. The van der Waals surface area contributed by atoms with E-state index in [1.54, 1.807) is 41.8 Å². The molecule has 2 amide bonds. The molecule has 31 heavy (non-hydrogen) atoms. The van der Waals surface area contributed by atoms with Gasteiger partial charge in [0, 0.05) is 28.4 Å². The van der Waals surface area contributed by atoms with Gasteiger partial charge in [0.25, 0.3) is 0 Å². The molecule has 2 rings (SSSR count). The molecule has 0 aliphatic rings. The van der Waals surface area contributed by atoms with Crippen molar-refractivity contribution >= 4 is 46.8 Å². The summed E-state index contributed by atoms with van der Waals surface area (Å²) in [6.45, 7) is 8.02.